The van der Waals surface area contributed by atoms with Gasteiger partial charge in [-0.05, 0) is 41.9 Å². The highest BCUT2D eigenvalue weighted by molar-refractivity contribution is 5.97. The van der Waals surface area contributed by atoms with E-state index in [0.717, 1.165) is 11.8 Å². The maximum absolute atomic E-state index is 12.7. The van der Waals surface area contributed by atoms with Crippen LogP contribution in [-0.2, 0) is 6.54 Å². The van der Waals surface area contributed by atoms with Crippen LogP contribution in [0.15, 0.2) is 64.1 Å². The van der Waals surface area contributed by atoms with Crippen molar-refractivity contribution >= 4 is 16.8 Å². The van der Waals surface area contributed by atoms with Crippen molar-refractivity contribution in [3.05, 3.63) is 76.4 Å². The van der Waals surface area contributed by atoms with E-state index in [1.807, 2.05) is 29.1 Å². The highest BCUT2D eigenvalue weighted by Crippen LogP contribution is 2.30. The van der Waals surface area contributed by atoms with E-state index in [4.69, 9.17) is 4.42 Å². The average molecular weight is 378 g/mol. The van der Waals surface area contributed by atoms with Crippen molar-refractivity contribution in [3.8, 4) is 0 Å². The molecule has 2 aromatic heterocycles. The van der Waals surface area contributed by atoms with Gasteiger partial charge in [0.15, 0.2) is 12.4 Å². The third kappa shape index (κ3) is 4.56. The Labute approximate surface area is 165 Å². The zero-order chi connectivity index (χ0) is 20.3. The molecule has 3 rings (SSSR count). The van der Waals surface area contributed by atoms with Crippen molar-refractivity contribution in [1.82, 2.24) is 0 Å². The van der Waals surface area contributed by atoms with Crippen LogP contribution in [0.5, 0.6) is 0 Å². The Hall–Kier alpha value is -2.75. The fourth-order valence-electron chi connectivity index (χ4n) is 3.63. The molecule has 0 aliphatic rings. The third-order valence-corrected chi connectivity index (χ3v) is 5.14. The first-order valence-corrected chi connectivity index (χ1v) is 9.90. The number of carbonyl (C=O) groups is 1. The summed E-state index contributed by atoms with van der Waals surface area (Å²) in [6.07, 6.45) is 4.98. The summed E-state index contributed by atoms with van der Waals surface area (Å²) in [5.74, 6) is 1.44. The van der Waals surface area contributed by atoms with Gasteiger partial charge >= 0.3 is 5.63 Å². The number of aromatic nitrogens is 1. The van der Waals surface area contributed by atoms with E-state index in [1.54, 1.807) is 18.2 Å². The van der Waals surface area contributed by atoms with Crippen molar-refractivity contribution in [3.63, 3.8) is 0 Å². The minimum absolute atomic E-state index is 0.0927. The lowest BCUT2D eigenvalue weighted by Gasteiger charge is -2.22. The topological polar surface area (TPSA) is 51.2 Å². The molecule has 4 nitrogen and oxygen atoms in total. The summed E-state index contributed by atoms with van der Waals surface area (Å²) in [6.45, 7) is 9.09. The number of hydrogen-bond donors (Lipinski definition) is 0. The van der Waals surface area contributed by atoms with E-state index < -0.39 is 5.63 Å². The molecule has 2 heterocycles. The minimum Gasteiger partial charge on any atom is -0.422 e. The Kier molecular flexibility index (Phi) is 6.08. The maximum Gasteiger partial charge on any atom is 0.347 e. The number of benzene rings is 1. The Morgan fingerprint density at radius 3 is 2.36 bits per heavy atom. The molecular weight excluding hydrogens is 350 g/mol. The van der Waals surface area contributed by atoms with Crippen molar-refractivity contribution in [1.29, 1.82) is 0 Å². The average Bonchev–Trinajstić information content (AvgIpc) is 2.66. The number of fused-ring (bicyclic) bond motifs is 1. The van der Waals surface area contributed by atoms with Crippen LogP contribution < -0.4 is 10.2 Å². The zero-order valence-electron chi connectivity index (χ0n) is 17.0. The number of para-hydroxylation sites is 1. The fourth-order valence-corrected chi connectivity index (χ4v) is 3.63. The number of carbonyl (C=O) groups excluding carboxylic acids is 1. The van der Waals surface area contributed by atoms with Gasteiger partial charge in [-0.15, -0.1) is 0 Å². The molecule has 4 heteroatoms. The smallest absolute Gasteiger partial charge is 0.347 e. The second-order valence-electron chi connectivity index (χ2n) is 8.19. The maximum atomic E-state index is 12.7. The quantitative estimate of drug-likeness (QED) is 0.339. The summed E-state index contributed by atoms with van der Waals surface area (Å²) in [6, 6.07) is 13.0. The number of rotatable bonds is 7. The number of Topliss-reactive ketones (excluding diaryl/α,β-unsaturated/α-hetero) is 1. The van der Waals surface area contributed by atoms with Crippen LogP contribution >= 0.6 is 0 Å². The Morgan fingerprint density at radius 1 is 1.04 bits per heavy atom. The van der Waals surface area contributed by atoms with Crippen molar-refractivity contribution < 1.29 is 13.8 Å². The van der Waals surface area contributed by atoms with Gasteiger partial charge in [-0.25, -0.2) is 4.79 Å². The van der Waals surface area contributed by atoms with Crippen LogP contribution in [0.25, 0.3) is 11.0 Å². The van der Waals surface area contributed by atoms with Gasteiger partial charge in [0.25, 0.3) is 0 Å². The van der Waals surface area contributed by atoms with Gasteiger partial charge in [0.05, 0.1) is 0 Å². The predicted octanol–water partition coefficient (Wildman–Crippen LogP) is 4.75. The Morgan fingerprint density at radius 2 is 1.71 bits per heavy atom. The van der Waals surface area contributed by atoms with Gasteiger partial charge in [-0.1, -0.05) is 45.9 Å². The lowest BCUT2D eigenvalue weighted by Crippen LogP contribution is -2.38. The summed E-state index contributed by atoms with van der Waals surface area (Å²) in [7, 11) is 0. The van der Waals surface area contributed by atoms with Crippen LogP contribution in [0.1, 0.15) is 56.0 Å². The second kappa shape index (κ2) is 8.51. The molecule has 0 aliphatic carbocycles. The molecule has 1 unspecified atom stereocenters. The Balaban J connectivity index is 1.79. The largest absolute Gasteiger partial charge is 0.422 e. The SMILES string of the molecule is CC(C)CC(c1cc[n+](CC(=O)c2cc3ccccc3oc2=O)cc1)C(C)C. The summed E-state index contributed by atoms with van der Waals surface area (Å²) in [5, 5.41) is 0.749. The fraction of sp³-hybridized carbons (Fsp3) is 0.375. The van der Waals surface area contributed by atoms with E-state index in [-0.39, 0.29) is 17.9 Å². The molecule has 0 aliphatic heterocycles. The van der Waals surface area contributed by atoms with Crippen LogP contribution in [0, 0.1) is 11.8 Å². The molecule has 0 amide bonds. The van der Waals surface area contributed by atoms with Crippen LogP contribution in [0.2, 0.25) is 0 Å². The molecule has 0 fully saturated rings. The third-order valence-electron chi connectivity index (χ3n) is 5.14. The lowest BCUT2D eigenvalue weighted by molar-refractivity contribution is -0.683. The van der Waals surface area contributed by atoms with Gasteiger partial charge in [-0.2, -0.15) is 4.57 Å². The first-order valence-electron chi connectivity index (χ1n) is 9.90. The standard InChI is InChI=1S/C24H28NO3/c1-16(2)13-20(17(3)4)18-9-11-25(12-10-18)15-22(26)21-14-19-7-5-6-8-23(19)28-24(21)27/h5-12,14,16-17,20H,13,15H2,1-4H3/q+1. The van der Waals surface area contributed by atoms with Gasteiger partial charge in [-0.3, -0.25) is 4.79 Å². The molecule has 0 bridgehead atoms. The van der Waals surface area contributed by atoms with Crippen molar-refractivity contribution in [2.75, 3.05) is 0 Å². The molecule has 3 aromatic rings. The van der Waals surface area contributed by atoms with Gasteiger partial charge in [0.1, 0.15) is 11.1 Å². The molecule has 0 radical (unpaired) electrons. The van der Waals surface area contributed by atoms with Crippen LogP contribution in [-0.4, -0.2) is 5.78 Å². The van der Waals surface area contributed by atoms with E-state index in [0.29, 0.717) is 23.3 Å². The number of nitrogens with zero attached hydrogens (tertiary/aromatic N) is 1. The number of hydrogen-bond acceptors (Lipinski definition) is 3. The zero-order valence-corrected chi connectivity index (χ0v) is 17.0. The number of ketones is 1. The summed E-state index contributed by atoms with van der Waals surface area (Å²) < 4.78 is 7.09. The van der Waals surface area contributed by atoms with Gasteiger partial charge in [0.2, 0.25) is 12.3 Å². The van der Waals surface area contributed by atoms with Crippen LogP contribution in [0.4, 0.5) is 0 Å². The summed E-state index contributed by atoms with van der Waals surface area (Å²) in [4.78, 5) is 24.9. The molecule has 1 atom stereocenters. The monoisotopic (exact) mass is 378 g/mol. The van der Waals surface area contributed by atoms with E-state index >= 15 is 0 Å². The second-order valence-corrected chi connectivity index (χ2v) is 8.19. The van der Waals surface area contributed by atoms with E-state index in [9.17, 15) is 9.59 Å². The predicted molar refractivity (Wildman–Crippen MR) is 110 cm³/mol. The molecule has 28 heavy (non-hydrogen) atoms. The van der Waals surface area contributed by atoms with E-state index in [2.05, 4.69) is 39.8 Å². The molecular formula is C24H28NO3+. The van der Waals surface area contributed by atoms with Crippen LogP contribution in [0.3, 0.4) is 0 Å². The normalized spacial score (nSPS) is 12.6. The molecule has 0 N–H and O–H groups in total. The molecule has 0 saturated heterocycles. The summed E-state index contributed by atoms with van der Waals surface area (Å²) >= 11 is 0. The van der Waals surface area contributed by atoms with Crippen molar-refractivity contribution in [2.45, 2.75) is 46.6 Å². The molecule has 1 aromatic carbocycles. The molecule has 146 valence electrons. The summed E-state index contributed by atoms with van der Waals surface area (Å²) in [5.41, 5.74) is 1.29. The number of pyridine rings is 1. The van der Waals surface area contributed by atoms with Crippen molar-refractivity contribution in [2.24, 2.45) is 11.8 Å². The molecule has 0 spiro atoms. The highest BCUT2D eigenvalue weighted by Gasteiger charge is 2.21. The van der Waals surface area contributed by atoms with Gasteiger partial charge < -0.3 is 4.42 Å². The lowest BCUT2D eigenvalue weighted by atomic mass is 9.83. The highest BCUT2D eigenvalue weighted by atomic mass is 16.4. The molecule has 0 saturated carbocycles. The first kappa shape index (κ1) is 20.0. The minimum atomic E-state index is -0.585. The Bertz CT molecular complexity index is 1020. The first-order chi connectivity index (χ1) is 13.3. The van der Waals surface area contributed by atoms with E-state index in [1.165, 1.54) is 5.56 Å². The van der Waals surface area contributed by atoms with Gasteiger partial charge in [0, 0.05) is 17.5 Å².